The number of amides is 3. The van der Waals surface area contributed by atoms with Gasteiger partial charge < -0.3 is 21.5 Å². The molecule has 0 spiro atoms. The Kier molecular flexibility index (Phi) is 8.61. The molecule has 0 saturated carbocycles. The number of rotatable bonds is 8. The van der Waals surface area contributed by atoms with Crippen LogP contribution in [0.25, 0.3) is 0 Å². The number of primary amides is 1. The van der Waals surface area contributed by atoms with E-state index in [0.29, 0.717) is 12.8 Å². The lowest BCUT2D eigenvalue weighted by atomic mass is 10.1. The molecule has 17 heavy (non-hydrogen) atoms. The van der Waals surface area contributed by atoms with Gasteiger partial charge in [-0.3, -0.25) is 4.79 Å². The highest BCUT2D eigenvalue weighted by molar-refractivity contribution is 7.98. The van der Waals surface area contributed by atoms with Gasteiger partial charge in [-0.25, -0.2) is 4.79 Å². The lowest BCUT2D eigenvalue weighted by Gasteiger charge is -2.20. The Bertz CT molecular complexity index is 247. The number of aliphatic hydroxyl groups excluding tert-OH is 1. The highest BCUT2D eigenvalue weighted by Gasteiger charge is 2.21. The molecule has 5 N–H and O–H groups in total. The van der Waals surface area contributed by atoms with Crippen molar-refractivity contribution in [3.05, 3.63) is 0 Å². The van der Waals surface area contributed by atoms with Crippen LogP contribution in [0.5, 0.6) is 0 Å². The van der Waals surface area contributed by atoms with Crippen molar-refractivity contribution in [2.45, 2.75) is 31.8 Å². The molecule has 7 heteroatoms. The van der Waals surface area contributed by atoms with Crippen molar-refractivity contribution in [3.8, 4) is 0 Å². The standard InChI is InChI=1S/C10H21N3O3S/c1-3-7(6-14)12-9(15)8(4-5-17-2)13-10(11)16/h7-8,14H,3-6H2,1-2H3,(H,12,15)(H3,11,13,16)/t7-,8?/m0/s1. The molecule has 0 aromatic carbocycles. The van der Waals surface area contributed by atoms with Gasteiger partial charge in [-0.1, -0.05) is 6.92 Å². The lowest BCUT2D eigenvalue weighted by molar-refractivity contribution is -0.124. The Hall–Kier alpha value is -0.950. The van der Waals surface area contributed by atoms with E-state index < -0.39 is 12.1 Å². The number of thioether (sulfide) groups is 1. The maximum Gasteiger partial charge on any atom is 0.312 e. The summed E-state index contributed by atoms with van der Waals surface area (Å²) in [5.74, 6) is 0.438. The molecule has 2 atom stereocenters. The third-order valence-electron chi connectivity index (χ3n) is 2.30. The van der Waals surface area contributed by atoms with E-state index in [9.17, 15) is 9.59 Å². The van der Waals surface area contributed by atoms with E-state index in [1.165, 1.54) is 0 Å². The van der Waals surface area contributed by atoms with Crippen molar-refractivity contribution in [1.82, 2.24) is 10.6 Å². The Balaban J connectivity index is 4.34. The Labute approximate surface area is 106 Å². The average molecular weight is 263 g/mol. The first kappa shape index (κ1) is 16.1. The number of nitrogens with one attached hydrogen (secondary N) is 2. The Morgan fingerprint density at radius 2 is 2.06 bits per heavy atom. The van der Waals surface area contributed by atoms with Gasteiger partial charge in [-0.15, -0.1) is 0 Å². The molecule has 3 amide bonds. The lowest BCUT2D eigenvalue weighted by Crippen LogP contribution is -2.51. The monoisotopic (exact) mass is 263 g/mol. The van der Waals surface area contributed by atoms with Crippen molar-refractivity contribution in [1.29, 1.82) is 0 Å². The second-order valence-electron chi connectivity index (χ2n) is 3.64. The second-order valence-corrected chi connectivity index (χ2v) is 4.62. The summed E-state index contributed by atoms with van der Waals surface area (Å²) >= 11 is 1.58. The molecule has 0 radical (unpaired) electrons. The minimum atomic E-state index is -0.719. The summed E-state index contributed by atoms with van der Waals surface area (Å²) in [6.45, 7) is 1.74. The van der Waals surface area contributed by atoms with E-state index >= 15 is 0 Å². The van der Waals surface area contributed by atoms with Gasteiger partial charge in [-0.2, -0.15) is 11.8 Å². The summed E-state index contributed by atoms with van der Waals surface area (Å²) in [5.41, 5.74) is 5.01. The van der Waals surface area contributed by atoms with E-state index in [4.69, 9.17) is 10.8 Å². The van der Waals surface area contributed by atoms with Gasteiger partial charge in [0.15, 0.2) is 0 Å². The summed E-state index contributed by atoms with van der Waals surface area (Å²) in [6, 6.07) is -1.64. The third kappa shape index (κ3) is 7.06. The minimum Gasteiger partial charge on any atom is -0.394 e. The normalized spacial score (nSPS) is 13.8. The van der Waals surface area contributed by atoms with Crippen molar-refractivity contribution in [2.24, 2.45) is 5.73 Å². The summed E-state index contributed by atoms with van der Waals surface area (Å²) in [5, 5.41) is 14.0. The first-order chi connectivity index (χ1) is 8.04. The molecule has 0 saturated heterocycles. The fraction of sp³-hybridized carbons (Fsp3) is 0.800. The molecule has 0 heterocycles. The zero-order valence-corrected chi connectivity index (χ0v) is 11.0. The van der Waals surface area contributed by atoms with Crippen LogP contribution in [0.3, 0.4) is 0 Å². The summed E-state index contributed by atoms with van der Waals surface area (Å²) in [7, 11) is 0. The van der Waals surface area contributed by atoms with Crippen molar-refractivity contribution in [2.75, 3.05) is 18.6 Å². The Morgan fingerprint density at radius 1 is 1.41 bits per heavy atom. The second kappa shape index (κ2) is 9.12. The van der Waals surface area contributed by atoms with Gasteiger partial charge in [0.2, 0.25) is 5.91 Å². The molecule has 0 aliphatic rings. The minimum absolute atomic E-state index is 0.117. The van der Waals surface area contributed by atoms with Crippen LogP contribution in [-0.4, -0.2) is 47.7 Å². The van der Waals surface area contributed by atoms with Crippen LogP contribution in [0, 0.1) is 0 Å². The molecular weight excluding hydrogens is 242 g/mol. The highest BCUT2D eigenvalue weighted by Crippen LogP contribution is 2.02. The molecule has 0 aromatic rings. The van der Waals surface area contributed by atoms with E-state index in [2.05, 4.69) is 10.6 Å². The number of nitrogens with two attached hydrogens (primary N) is 1. The molecule has 0 fully saturated rings. The molecule has 0 aliphatic heterocycles. The van der Waals surface area contributed by atoms with Gasteiger partial charge in [-0.05, 0) is 24.9 Å². The molecule has 100 valence electrons. The first-order valence-corrected chi connectivity index (χ1v) is 6.90. The zero-order valence-electron chi connectivity index (χ0n) is 10.2. The largest absolute Gasteiger partial charge is 0.394 e. The number of carbonyl (C=O) groups excluding carboxylic acids is 2. The fourth-order valence-corrected chi connectivity index (χ4v) is 1.73. The van der Waals surface area contributed by atoms with Crippen LogP contribution in [-0.2, 0) is 4.79 Å². The van der Waals surface area contributed by atoms with Gasteiger partial charge in [0.05, 0.1) is 12.6 Å². The molecule has 0 aliphatic carbocycles. The summed E-state index contributed by atoms with van der Waals surface area (Å²) in [6.07, 6.45) is 3.06. The maximum atomic E-state index is 11.8. The topological polar surface area (TPSA) is 104 Å². The number of aliphatic hydroxyl groups is 1. The van der Waals surface area contributed by atoms with Crippen LogP contribution in [0.1, 0.15) is 19.8 Å². The molecule has 0 rings (SSSR count). The van der Waals surface area contributed by atoms with Crippen LogP contribution in [0.2, 0.25) is 0 Å². The van der Waals surface area contributed by atoms with Crippen molar-refractivity contribution in [3.63, 3.8) is 0 Å². The average Bonchev–Trinajstić information content (AvgIpc) is 2.30. The highest BCUT2D eigenvalue weighted by atomic mass is 32.2. The molecule has 0 aromatic heterocycles. The van der Waals surface area contributed by atoms with Crippen molar-refractivity contribution >= 4 is 23.7 Å². The molecule has 6 nitrogen and oxygen atoms in total. The SMILES string of the molecule is CC[C@@H](CO)NC(=O)C(CCSC)NC(N)=O. The molecule has 0 bridgehead atoms. The summed E-state index contributed by atoms with van der Waals surface area (Å²) < 4.78 is 0. The smallest absolute Gasteiger partial charge is 0.312 e. The molecule has 1 unspecified atom stereocenters. The van der Waals surface area contributed by atoms with Crippen LogP contribution < -0.4 is 16.4 Å². The van der Waals surface area contributed by atoms with Gasteiger partial charge in [0, 0.05) is 0 Å². The van der Waals surface area contributed by atoms with E-state index in [0.717, 1.165) is 5.75 Å². The van der Waals surface area contributed by atoms with Gasteiger partial charge in [0.1, 0.15) is 6.04 Å². The predicted molar refractivity (Wildman–Crippen MR) is 68.8 cm³/mol. The van der Waals surface area contributed by atoms with E-state index in [1.807, 2.05) is 13.2 Å². The summed E-state index contributed by atoms with van der Waals surface area (Å²) in [4.78, 5) is 22.6. The quantitative estimate of drug-likeness (QED) is 0.481. The number of hydrogen-bond acceptors (Lipinski definition) is 4. The van der Waals surface area contributed by atoms with Crippen molar-refractivity contribution < 1.29 is 14.7 Å². The number of urea groups is 1. The Morgan fingerprint density at radius 3 is 2.47 bits per heavy atom. The number of hydrogen-bond donors (Lipinski definition) is 4. The van der Waals surface area contributed by atoms with Gasteiger partial charge in [0.25, 0.3) is 0 Å². The number of carbonyl (C=O) groups is 2. The van der Waals surface area contributed by atoms with Crippen LogP contribution in [0.4, 0.5) is 4.79 Å². The third-order valence-corrected chi connectivity index (χ3v) is 2.95. The fourth-order valence-electron chi connectivity index (χ4n) is 1.25. The predicted octanol–water partition coefficient (Wildman–Crippen LogP) is -0.336. The van der Waals surface area contributed by atoms with Crippen LogP contribution in [0.15, 0.2) is 0 Å². The van der Waals surface area contributed by atoms with Gasteiger partial charge >= 0.3 is 6.03 Å². The molecular formula is C10H21N3O3S. The van der Waals surface area contributed by atoms with E-state index in [-0.39, 0.29) is 18.6 Å². The zero-order chi connectivity index (χ0) is 13.3. The van der Waals surface area contributed by atoms with Crippen LogP contribution >= 0.6 is 11.8 Å². The van der Waals surface area contributed by atoms with E-state index in [1.54, 1.807) is 11.8 Å². The maximum absolute atomic E-state index is 11.8. The first-order valence-electron chi connectivity index (χ1n) is 5.51.